The number of amides is 1. The lowest BCUT2D eigenvalue weighted by Crippen LogP contribution is -2.32. The van der Waals surface area contributed by atoms with Gasteiger partial charge in [-0.1, -0.05) is 12.1 Å². The first kappa shape index (κ1) is 29.2. The van der Waals surface area contributed by atoms with Crippen LogP contribution in [0.15, 0.2) is 47.3 Å². The molecule has 0 bridgehead atoms. The summed E-state index contributed by atoms with van der Waals surface area (Å²) in [6.45, 7) is 5.87. The molecule has 3 aromatic heterocycles. The molecule has 4 heterocycles. The zero-order valence-corrected chi connectivity index (χ0v) is 23.8. The molecule has 14 heteroatoms. The van der Waals surface area contributed by atoms with Crippen molar-refractivity contribution in [2.75, 3.05) is 18.4 Å². The van der Waals surface area contributed by atoms with Crippen LogP contribution in [0, 0.1) is 0 Å². The highest BCUT2D eigenvalue weighted by Gasteiger charge is 2.38. The average molecular weight is 582 g/mol. The largest absolute Gasteiger partial charge is 0.416 e. The molecule has 12 nitrogen and oxygen atoms in total. The summed E-state index contributed by atoms with van der Waals surface area (Å²) in [5.74, 6) is -0.912. The number of anilines is 2. The first-order chi connectivity index (χ1) is 20.0. The molecule has 0 saturated carbocycles. The van der Waals surface area contributed by atoms with E-state index in [1.165, 1.54) is 13.8 Å². The molecule has 1 aliphatic heterocycles. The fraction of sp³-hybridized carbons (Fsp3) is 0.429. The van der Waals surface area contributed by atoms with Gasteiger partial charge in [-0.05, 0) is 50.5 Å². The Hall–Kier alpha value is -4.30. The number of benzene rings is 1. The highest BCUT2D eigenvalue weighted by atomic mass is 19.3. The molecule has 222 valence electrons. The van der Waals surface area contributed by atoms with Gasteiger partial charge in [-0.2, -0.15) is 5.10 Å². The van der Waals surface area contributed by atoms with Crippen molar-refractivity contribution >= 4 is 17.5 Å². The van der Waals surface area contributed by atoms with Crippen LogP contribution in [0.4, 0.5) is 20.4 Å². The van der Waals surface area contributed by atoms with Crippen LogP contribution >= 0.6 is 0 Å². The lowest BCUT2D eigenvalue weighted by atomic mass is 9.94. The van der Waals surface area contributed by atoms with Gasteiger partial charge in [0.25, 0.3) is 6.43 Å². The molecule has 0 radical (unpaired) electrons. The van der Waals surface area contributed by atoms with Crippen LogP contribution in [0.3, 0.4) is 0 Å². The summed E-state index contributed by atoms with van der Waals surface area (Å²) >= 11 is 0. The minimum Gasteiger partial charge on any atom is -0.416 e. The van der Waals surface area contributed by atoms with Gasteiger partial charge in [0.15, 0.2) is 0 Å². The number of carbonyl (C=O) groups excluding carboxylic acids is 1. The maximum atomic E-state index is 13.4. The van der Waals surface area contributed by atoms with Crippen LogP contribution in [0.25, 0.3) is 11.3 Å². The number of hydrogen-bond acceptors (Lipinski definition) is 10. The summed E-state index contributed by atoms with van der Waals surface area (Å²) in [6, 6.07) is 7.27. The maximum absolute atomic E-state index is 13.4. The smallest absolute Gasteiger partial charge is 0.309 e. The van der Waals surface area contributed by atoms with Crippen LogP contribution in [-0.4, -0.2) is 71.5 Å². The van der Waals surface area contributed by atoms with E-state index in [1.54, 1.807) is 24.0 Å². The first-order valence-electron chi connectivity index (χ1n) is 13.5. The van der Waals surface area contributed by atoms with Crippen molar-refractivity contribution in [3.63, 3.8) is 0 Å². The predicted octanol–water partition coefficient (Wildman–Crippen LogP) is 3.60. The molecular weight excluding hydrogens is 548 g/mol. The van der Waals surface area contributed by atoms with E-state index in [0.29, 0.717) is 37.7 Å². The zero-order valence-electron chi connectivity index (χ0n) is 23.8. The Labute approximate surface area is 241 Å². The van der Waals surface area contributed by atoms with E-state index in [2.05, 4.69) is 40.8 Å². The van der Waals surface area contributed by atoms with Gasteiger partial charge >= 0.3 is 11.8 Å². The molecule has 0 saturated heterocycles. The Morgan fingerprint density at radius 2 is 2.07 bits per heavy atom. The lowest BCUT2D eigenvalue weighted by Gasteiger charge is -2.22. The molecular formula is C28H33F2N9O3. The third-order valence-electron chi connectivity index (χ3n) is 7.10. The van der Waals surface area contributed by atoms with Crippen molar-refractivity contribution in [1.29, 1.82) is 0 Å². The van der Waals surface area contributed by atoms with E-state index in [-0.39, 0.29) is 11.8 Å². The summed E-state index contributed by atoms with van der Waals surface area (Å²) in [4.78, 5) is 24.2. The number of halogens is 2. The zero-order chi connectivity index (χ0) is 30.0. The van der Waals surface area contributed by atoms with E-state index in [9.17, 15) is 18.7 Å². The molecule has 2 atom stereocenters. The quantitative estimate of drug-likeness (QED) is 0.268. The van der Waals surface area contributed by atoms with Crippen LogP contribution in [0.1, 0.15) is 60.9 Å². The number of nitrogens with zero attached hydrogens (tertiary/aromatic N) is 7. The van der Waals surface area contributed by atoms with E-state index in [4.69, 9.17) is 4.42 Å². The van der Waals surface area contributed by atoms with Gasteiger partial charge < -0.3 is 20.2 Å². The van der Waals surface area contributed by atoms with Gasteiger partial charge in [-0.15, -0.1) is 10.2 Å². The molecule has 0 spiro atoms. The summed E-state index contributed by atoms with van der Waals surface area (Å²) in [5, 5.41) is 27.7. The summed E-state index contributed by atoms with van der Waals surface area (Å²) in [7, 11) is 1.82. The number of nitrogens with one attached hydrogen (secondary N) is 2. The van der Waals surface area contributed by atoms with Crippen molar-refractivity contribution < 1.29 is 23.1 Å². The fourth-order valence-electron chi connectivity index (χ4n) is 4.79. The molecule has 3 N–H and O–H groups in total. The maximum Gasteiger partial charge on any atom is 0.309 e. The highest BCUT2D eigenvalue weighted by Crippen LogP contribution is 2.32. The fourth-order valence-corrected chi connectivity index (χ4v) is 4.79. The number of alkyl halides is 2. The number of aliphatic hydroxyl groups is 1. The van der Waals surface area contributed by atoms with E-state index >= 15 is 0 Å². The van der Waals surface area contributed by atoms with Crippen LogP contribution in [0.5, 0.6) is 0 Å². The Bertz CT molecular complexity index is 1550. The van der Waals surface area contributed by atoms with Crippen LogP contribution in [-0.2, 0) is 19.0 Å². The lowest BCUT2D eigenvalue weighted by molar-refractivity contribution is 0.0527. The second kappa shape index (κ2) is 11.9. The van der Waals surface area contributed by atoms with Crippen molar-refractivity contribution in [3.8, 4) is 11.3 Å². The average Bonchev–Trinajstić information content (AvgIpc) is 3.57. The number of aliphatic hydroxyl groups excluding tert-OH is 1. The van der Waals surface area contributed by atoms with Crippen molar-refractivity contribution in [1.82, 2.24) is 40.2 Å². The molecule has 0 aliphatic carbocycles. The number of aryl methyl sites for hydroxylation is 1. The van der Waals surface area contributed by atoms with Crippen molar-refractivity contribution in [2.24, 2.45) is 7.05 Å². The second-order valence-electron chi connectivity index (χ2n) is 11.0. The summed E-state index contributed by atoms with van der Waals surface area (Å²) < 4.78 is 33.9. The molecule has 1 aliphatic rings. The van der Waals surface area contributed by atoms with Crippen molar-refractivity contribution in [3.05, 3.63) is 65.8 Å². The van der Waals surface area contributed by atoms with Gasteiger partial charge in [-0.3, -0.25) is 14.4 Å². The molecule has 1 aromatic carbocycles. The highest BCUT2D eigenvalue weighted by molar-refractivity contribution is 5.89. The molecule has 1 amide bonds. The minimum absolute atomic E-state index is 0.307. The third kappa shape index (κ3) is 6.44. The number of carbonyl (C=O) groups is 1. The Morgan fingerprint density at radius 3 is 2.79 bits per heavy atom. The molecule has 42 heavy (non-hydrogen) atoms. The number of β-amino-alcohol motifs (C(OH)–C–C–N with tert-alkyl or cyclic N) is 1. The normalized spacial score (nSPS) is 16.6. The van der Waals surface area contributed by atoms with Gasteiger partial charge in [0.1, 0.15) is 5.41 Å². The molecule has 0 fully saturated rings. The summed E-state index contributed by atoms with van der Waals surface area (Å²) in [6.07, 6.45) is 2.43. The predicted molar refractivity (Wildman–Crippen MR) is 149 cm³/mol. The van der Waals surface area contributed by atoms with Crippen LogP contribution in [0.2, 0.25) is 0 Å². The minimum atomic E-state index is -2.74. The van der Waals surface area contributed by atoms with Gasteiger partial charge in [0.2, 0.25) is 11.8 Å². The van der Waals surface area contributed by atoms with Gasteiger partial charge in [0, 0.05) is 44.6 Å². The Balaban J connectivity index is 1.41. The van der Waals surface area contributed by atoms with E-state index in [1.807, 2.05) is 37.5 Å². The SMILES string of the molecule is C[C@H](O)CN1CCC(NC(=O)c2nnc(C(C)(C)C(F)F)o2)c2ccc(-c3ccnc(Nc4cnn(C)c4)n3)cc2C1. The van der Waals surface area contributed by atoms with Gasteiger partial charge in [-0.25, -0.2) is 18.7 Å². The standard InChI is InChI=1S/C28H33F2N9O3/c1-16(40)13-39-10-8-22(34-23(41)24-36-37-26(42-24)28(2,3)25(29)30)20-6-5-17(11-18(20)14-39)21-7-9-31-27(35-21)33-19-12-32-38(4)15-19/h5-7,9,11-12,15-16,22,25,40H,8,10,13-14H2,1-4H3,(H,34,41)(H,31,33,35)/t16-,22?/m0/s1. The monoisotopic (exact) mass is 581 g/mol. The topological polar surface area (TPSA) is 147 Å². The second-order valence-corrected chi connectivity index (χ2v) is 11.0. The molecule has 1 unspecified atom stereocenters. The first-order valence-corrected chi connectivity index (χ1v) is 13.5. The van der Waals surface area contributed by atoms with E-state index < -0.39 is 29.9 Å². The number of rotatable bonds is 9. The summed E-state index contributed by atoms with van der Waals surface area (Å²) in [5.41, 5.74) is 2.45. The number of hydrogen-bond donors (Lipinski definition) is 3. The molecule has 5 rings (SSSR count). The Morgan fingerprint density at radius 1 is 1.26 bits per heavy atom. The Kier molecular flexibility index (Phi) is 8.27. The molecule has 4 aromatic rings. The third-order valence-corrected chi connectivity index (χ3v) is 7.10. The van der Waals surface area contributed by atoms with Gasteiger partial charge in [0.05, 0.1) is 29.7 Å². The number of fused-ring (bicyclic) bond motifs is 1. The van der Waals surface area contributed by atoms with Crippen molar-refractivity contribution in [2.45, 2.75) is 57.7 Å². The van der Waals surface area contributed by atoms with E-state index in [0.717, 1.165) is 22.4 Å². The van der Waals surface area contributed by atoms with Crippen LogP contribution < -0.4 is 10.6 Å². The number of aromatic nitrogens is 6.